The van der Waals surface area contributed by atoms with Crippen LogP contribution in [-0.4, -0.2) is 11.9 Å². The van der Waals surface area contributed by atoms with E-state index in [9.17, 15) is 4.79 Å². The Balaban J connectivity index is 1.42. The molecule has 5 fully saturated rings. The second-order valence-corrected chi connectivity index (χ2v) is 10.2. The van der Waals surface area contributed by atoms with E-state index in [0.717, 1.165) is 31.1 Å². The van der Waals surface area contributed by atoms with Gasteiger partial charge in [-0.1, -0.05) is 49.1 Å². The molecule has 140 valence electrons. The highest BCUT2D eigenvalue weighted by Gasteiger charge is 2.61. The molecular formula is C24H33NO. The normalized spacial score (nSPS) is 39.1. The van der Waals surface area contributed by atoms with Gasteiger partial charge in [-0.2, -0.15) is 0 Å². The number of hydrogen-bond acceptors (Lipinski definition) is 1. The quantitative estimate of drug-likeness (QED) is 0.788. The minimum Gasteiger partial charge on any atom is -0.353 e. The van der Waals surface area contributed by atoms with Crippen molar-refractivity contribution < 1.29 is 4.79 Å². The first-order chi connectivity index (χ1) is 12.6. The van der Waals surface area contributed by atoms with Gasteiger partial charge in [0.15, 0.2) is 0 Å². The SMILES string of the molecule is Cc1ccc(C23C[C@@H]4C[C@H](CC(C(=O)NC5CCCCC5)(C4)C2)C3)cc1. The Kier molecular flexibility index (Phi) is 3.95. The molecular weight excluding hydrogens is 318 g/mol. The van der Waals surface area contributed by atoms with Crippen molar-refractivity contribution in [1.29, 1.82) is 0 Å². The standard InChI is InChI=1S/C24H33NO/c1-17-7-9-20(10-8-17)23-12-18-11-19(13-23)15-24(14-18,16-23)22(26)25-21-5-3-2-4-6-21/h7-10,18-19,21H,2-6,11-16H2,1H3,(H,25,26)/t18-,19-,23?,24?/m0/s1. The summed E-state index contributed by atoms with van der Waals surface area (Å²) >= 11 is 0. The van der Waals surface area contributed by atoms with E-state index in [-0.39, 0.29) is 10.8 Å². The number of carbonyl (C=O) groups excluding carboxylic acids is 1. The van der Waals surface area contributed by atoms with Gasteiger partial charge in [-0.25, -0.2) is 0 Å². The molecule has 26 heavy (non-hydrogen) atoms. The summed E-state index contributed by atoms with van der Waals surface area (Å²) in [7, 11) is 0. The molecule has 6 rings (SSSR count). The van der Waals surface area contributed by atoms with Crippen molar-refractivity contribution in [2.45, 2.75) is 89.0 Å². The molecule has 5 saturated carbocycles. The zero-order valence-electron chi connectivity index (χ0n) is 16.2. The van der Waals surface area contributed by atoms with Gasteiger partial charge in [0.05, 0.1) is 5.41 Å². The smallest absolute Gasteiger partial charge is 0.226 e. The first-order valence-corrected chi connectivity index (χ1v) is 11.0. The number of hydrogen-bond donors (Lipinski definition) is 1. The fraction of sp³-hybridized carbons (Fsp3) is 0.708. The highest BCUT2D eigenvalue weighted by molar-refractivity contribution is 5.83. The third-order valence-electron chi connectivity index (χ3n) is 8.15. The van der Waals surface area contributed by atoms with Crippen LogP contribution < -0.4 is 5.32 Å². The zero-order valence-corrected chi connectivity index (χ0v) is 16.2. The van der Waals surface area contributed by atoms with Crippen LogP contribution in [0.5, 0.6) is 0 Å². The Hall–Kier alpha value is -1.31. The van der Waals surface area contributed by atoms with Crippen LogP contribution in [0.2, 0.25) is 0 Å². The maximum Gasteiger partial charge on any atom is 0.226 e. The molecule has 0 unspecified atom stereocenters. The summed E-state index contributed by atoms with van der Waals surface area (Å²) < 4.78 is 0. The molecule has 0 aliphatic heterocycles. The second-order valence-electron chi connectivity index (χ2n) is 10.2. The summed E-state index contributed by atoms with van der Waals surface area (Å²) in [5.41, 5.74) is 3.03. The van der Waals surface area contributed by atoms with Crippen molar-refractivity contribution in [3.8, 4) is 0 Å². The first-order valence-electron chi connectivity index (χ1n) is 11.0. The maximum atomic E-state index is 13.5. The van der Waals surface area contributed by atoms with E-state index in [2.05, 4.69) is 36.5 Å². The van der Waals surface area contributed by atoms with E-state index in [1.165, 1.54) is 62.5 Å². The molecule has 0 heterocycles. The van der Waals surface area contributed by atoms with E-state index in [1.54, 1.807) is 0 Å². The van der Waals surface area contributed by atoms with E-state index < -0.39 is 0 Å². The lowest BCUT2D eigenvalue weighted by atomic mass is 9.42. The number of benzene rings is 1. The van der Waals surface area contributed by atoms with Crippen LogP contribution >= 0.6 is 0 Å². The molecule has 0 saturated heterocycles. The number of carbonyl (C=O) groups is 1. The van der Waals surface area contributed by atoms with Gasteiger partial charge in [0, 0.05) is 6.04 Å². The van der Waals surface area contributed by atoms with Crippen molar-refractivity contribution in [1.82, 2.24) is 5.32 Å². The Labute approximate surface area is 158 Å². The summed E-state index contributed by atoms with van der Waals surface area (Å²) in [6.07, 6.45) is 13.7. The van der Waals surface area contributed by atoms with Crippen molar-refractivity contribution >= 4 is 5.91 Å². The molecule has 5 aliphatic carbocycles. The fourth-order valence-electron chi connectivity index (χ4n) is 7.36. The summed E-state index contributed by atoms with van der Waals surface area (Å²) in [5, 5.41) is 3.51. The van der Waals surface area contributed by atoms with E-state index in [4.69, 9.17) is 0 Å². The fourth-order valence-corrected chi connectivity index (χ4v) is 7.36. The summed E-state index contributed by atoms with van der Waals surface area (Å²) in [6, 6.07) is 9.69. The van der Waals surface area contributed by atoms with Crippen LogP contribution in [0.3, 0.4) is 0 Å². The number of rotatable bonds is 3. The van der Waals surface area contributed by atoms with Crippen LogP contribution in [0.1, 0.15) is 81.8 Å². The predicted molar refractivity (Wildman–Crippen MR) is 105 cm³/mol. The Morgan fingerprint density at radius 3 is 2.27 bits per heavy atom. The highest BCUT2D eigenvalue weighted by Crippen LogP contribution is 2.65. The minimum absolute atomic E-state index is 0.0770. The van der Waals surface area contributed by atoms with Crippen molar-refractivity contribution in [3.63, 3.8) is 0 Å². The Bertz CT molecular complexity index is 671. The van der Waals surface area contributed by atoms with Gasteiger partial charge in [0.2, 0.25) is 5.91 Å². The monoisotopic (exact) mass is 351 g/mol. The lowest BCUT2D eigenvalue weighted by molar-refractivity contribution is -0.150. The molecule has 0 radical (unpaired) electrons. The van der Waals surface area contributed by atoms with Crippen LogP contribution in [-0.2, 0) is 10.2 Å². The lowest BCUT2D eigenvalue weighted by Gasteiger charge is -2.61. The molecule has 2 heteroatoms. The third kappa shape index (κ3) is 2.72. The van der Waals surface area contributed by atoms with Gasteiger partial charge in [-0.15, -0.1) is 0 Å². The Morgan fingerprint density at radius 2 is 1.62 bits per heavy atom. The van der Waals surface area contributed by atoms with Gasteiger partial charge in [-0.3, -0.25) is 4.79 Å². The third-order valence-corrected chi connectivity index (χ3v) is 8.15. The number of nitrogens with one attached hydrogen (secondary N) is 1. The topological polar surface area (TPSA) is 29.1 Å². The van der Waals surface area contributed by atoms with Gasteiger partial charge in [-0.05, 0) is 81.1 Å². The van der Waals surface area contributed by atoms with Crippen LogP contribution in [0.25, 0.3) is 0 Å². The first kappa shape index (κ1) is 16.8. The summed E-state index contributed by atoms with van der Waals surface area (Å²) in [4.78, 5) is 13.5. The zero-order chi connectivity index (χ0) is 17.8. The van der Waals surface area contributed by atoms with Crippen molar-refractivity contribution in [3.05, 3.63) is 35.4 Å². The van der Waals surface area contributed by atoms with Gasteiger partial charge in [0.1, 0.15) is 0 Å². The Morgan fingerprint density at radius 1 is 0.962 bits per heavy atom. The van der Waals surface area contributed by atoms with E-state index >= 15 is 0 Å². The molecule has 5 aliphatic rings. The van der Waals surface area contributed by atoms with Crippen molar-refractivity contribution in [2.24, 2.45) is 17.3 Å². The number of amides is 1. The van der Waals surface area contributed by atoms with Gasteiger partial charge >= 0.3 is 0 Å². The van der Waals surface area contributed by atoms with E-state index in [0.29, 0.717) is 11.9 Å². The molecule has 2 atom stereocenters. The molecule has 1 aromatic rings. The van der Waals surface area contributed by atoms with E-state index in [1.807, 2.05) is 0 Å². The predicted octanol–water partition coefficient (Wildman–Crippen LogP) is 5.28. The maximum absolute atomic E-state index is 13.5. The van der Waals surface area contributed by atoms with Crippen LogP contribution in [0.4, 0.5) is 0 Å². The largest absolute Gasteiger partial charge is 0.353 e. The molecule has 1 N–H and O–H groups in total. The number of aryl methyl sites for hydroxylation is 1. The average molecular weight is 352 g/mol. The molecule has 0 spiro atoms. The second kappa shape index (κ2) is 6.11. The molecule has 1 aromatic carbocycles. The molecule has 1 amide bonds. The van der Waals surface area contributed by atoms with Crippen molar-refractivity contribution in [2.75, 3.05) is 0 Å². The summed E-state index contributed by atoms with van der Waals surface area (Å²) in [5.74, 6) is 1.93. The average Bonchev–Trinajstić information content (AvgIpc) is 2.62. The molecule has 2 nitrogen and oxygen atoms in total. The lowest BCUT2D eigenvalue weighted by Crippen LogP contribution is -2.60. The highest BCUT2D eigenvalue weighted by atomic mass is 16.2. The minimum atomic E-state index is -0.0770. The molecule has 4 bridgehead atoms. The van der Waals surface area contributed by atoms with Crippen LogP contribution in [0.15, 0.2) is 24.3 Å². The summed E-state index contributed by atoms with van der Waals surface area (Å²) in [6.45, 7) is 2.17. The van der Waals surface area contributed by atoms with Gasteiger partial charge < -0.3 is 5.32 Å². The molecule has 0 aromatic heterocycles. The van der Waals surface area contributed by atoms with Gasteiger partial charge in [0.25, 0.3) is 0 Å². The van der Waals surface area contributed by atoms with Crippen LogP contribution in [0, 0.1) is 24.2 Å².